The number of fused-ring (bicyclic) bond motifs is 1. The van der Waals surface area contributed by atoms with Crippen molar-refractivity contribution in [3.05, 3.63) is 24.7 Å². The fourth-order valence-corrected chi connectivity index (χ4v) is 2.77. The largest absolute Gasteiger partial charge is 0.353 e. The van der Waals surface area contributed by atoms with Crippen LogP contribution in [0.15, 0.2) is 24.7 Å². The van der Waals surface area contributed by atoms with Gasteiger partial charge in [0.2, 0.25) is 0 Å². The molecule has 3 heterocycles. The molecule has 1 aliphatic rings. The van der Waals surface area contributed by atoms with Crippen LogP contribution in [0.3, 0.4) is 0 Å². The Kier molecular flexibility index (Phi) is 2.25. The molecule has 0 saturated carbocycles. The Balaban J connectivity index is 2.05. The molecule has 3 rings (SSSR count). The zero-order valence-corrected chi connectivity index (χ0v) is 9.15. The number of thioether (sulfide) groups is 1. The Labute approximate surface area is 92.3 Å². The number of hydrogen-bond donors (Lipinski definition) is 0. The van der Waals surface area contributed by atoms with Gasteiger partial charge in [0.1, 0.15) is 5.52 Å². The third-order valence-corrected chi connectivity index (χ3v) is 3.56. The van der Waals surface area contributed by atoms with Crippen LogP contribution in [0.25, 0.3) is 5.52 Å². The van der Waals surface area contributed by atoms with Crippen molar-refractivity contribution in [2.45, 2.75) is 0 Å². The second kappa shape index (κ2) is 3.73. The molecular formula is C10H12N4S. The van der Waals surface area contributed by atoms with E-state index in [9.17, 15) is 0 Å². The highest BCUT2D eigenvalue weighted by atomic mass is 32.2. The quantitative estimate of drug-likeness (QED) is 0.725. The van der Waals surface area contributed by atoms with E-state index >= 15 is 0 Å². The molecular weight excluding hydrogens is 208 g/mol. The summed E-state index contributed by atoms with van der Waals surface area (Å²) in [6.07, 6.45) is 5.52. The summed E-state index contributed by atoms with van der Waals surface area (Å²) in [6.45, 7) is 2.17. The van der Waals surface area contributed by atoms with Gasteiger partial charge in [0.25, 0.3) is 0 Å². The van der Waals surface area contributed by atoms with E-state index < -0.39 is 0 Å². The third kappa shape index (κ3) is 1.56. The molecule has 1 fully saturated rings. The molecule has 0 radical (unpaired) electrons. The van der Waals surface area contributed by atoms with Crippen LogP contribution in [0.2, 0.25) is 0 Å². The summed E-state index contributed by atoms with van der Waals surface area (Å²) in [4.78, 5) is 6.80. The van der Waals surface area contributed by atoms with E-state index in [-0.39, 0.29) is 0 Å². The lowest BCUT2D eigenvalue weighted by molar-refractivity contribution is 0.831. The summed E-state index contributed by atoms with van der Waals surface area (Å²) in [5, 5.41) is 4.22. The molecule has 2 aromatic rings. The summed E-state index contributed by atoms with van der Waals surface area (Å²) in [7, 11) is 0. The van der Waals surface area contributed by atoms with Gasteiger partial charge in [0.05, 0.1) is 6.20 Å². The molecule has 4 nitrogen and oxygen atoms in total. The molecule has 0 bridgehead atoms. The average molecular weight is 220 g/mol. The summed E-state index contributed by atoms with van der Waals surface area (Å²) in [5.41, 5.74) is 1.10. The molecule has 0 N–H and O–H groups in total. The highest BCUT2D eigenvalue weighted by molar-refractivity contribution is 7.99. The second-order valence-corrected chi connectivity index (χ2v) is 4.74. The van der Waals surface area contributed by atoms with Gasteiger partial charge in [-0.25, -0.2) is 9.50 Å². The van der Waals surface area contributed by atoms with E-state index in [1.807, 2.05) is 40.9 Å². The van der Waals surface area contributed by atoms with Gasteiger partial charge in [0, 0.05) is 37.0 Å². The van der Waals surface area contributed by atoms with Crippen LogP contribution in [0.1, 0.15) is 0 Å². The molecule has 1 saturated heterocycles. The molecule has 0 amide bonds. The minimum atomic E-state index is 1.07. The van der Waals surface area contributed by atoms with Gasteiger partial charge >= 0.3 is 0 Å². The van der Waals surface area contributed by atoms with Crippen LogP contribution in [0, 0.1) is 0 Å². The molecule has 0 unspecified atom stereocenters. The van der Waals surface area contributed by atoms with Crippen molar-refractivity contribution >= 4 is 23.1 Å². The standard InChI is InChI=1S/C10H12N4S/c1-2-12-14-4-3-11-10(9(1)14)13-5-7-15-8-6-13/h1-4H,5-8H2. The van der Waals surface area contributed by atoms with Gasteiger partial charge in [-0.15, -0.1) is 0 Å². The highest BCUT2D eigenvalue weighted by Crippen LogP contribution is 2.21. The first kappa shape index (κ1) is 9.03. The average Bonchev–Trinajstić information content (AvgIpc) is 2.78. The van der Waals surface area contributed by atoms with Crippen molar-refractivity contribution < 1.29 is 0 Å². The van der Waals surface area contributed by atoms with E-state index in [0.717, 1.165) is 24.4 Å². The van der Waals surface area contributed by atoms with Crippen molar-refractivity contribution in [3.8, 4) is 0 Å². The van der Waals surface area contributed by atoms with Crippen molar-refractivity contribution in [2.75, 3.05) is 29.5 Å². The predicted octanol–water partition coefficient (Wildman–Crippen LogP) is 1.28. The van der Waals surface area contributed by atoms with E-state index in [2.05, 4.69) is 15.0 Å². The van der Waals surface area contributed by atoms with E-state index in [1.165, 1.54) is 11.5 Å². The first-order valence-electron chi connectivity index (χ1n) is 5.06. The zero-order chi connectivity index (χ0) is 10.1. The normalized spacial score (nSPS) is 17.2. The molecule has 1 aliphatic heterocycles. The predicted molar refractivity (Wildman–Crippen MR) is 62.5 cm³/mol. The molecule has 15 heavy (non-hydrogen) atoms. The molecule has 0 aromatic carbocycles. The Morgan fingerprint density at radius 3 is 2.93 bits per heavy atom. The summed E-state index contributed by atoms with van der Waals surface area (Å²) in [5.74, 6) is 3.45. The van der Waals surface area contributed by atoms with Crippen molar-refractivity contribution in [3.63, 3.8) is 0 Å². The van der Waals surface area contributed by atoms with E-state index in [0.29, 0.717) is 0 Å². The minimum Gasteiger partial charge on any atom is -0.353 e. The molecule has 78 valence electrons. The highest BCUT2D eigenvalue weighted by Gasteiger charge is 2.15. The fraction of sp³-hybridized carbons (Fsp3) is 0.400. The van der Waals surface area contributed by atoms with Gasteiger partial charge in [-0.05, 0) is 6.07 Å². The van der Waals surface area contributed by atoms with Crippen LogP contribution >= 0.6 is 11.8 Å². The summed E-state index contributed by atoms with van der Waals surface area (Å²) < 4.78 is 1.88. The van der Waals surface area contributed by atoms with E-state index in [1.54, 1.807) is 0 Å². The van der Waals surface area contributed by atoms with Crippen molar-refractivity contribution in [1.29, 1.82) is 0 Å². The summed E-state index contributed by atoms with van der Waals surface area (Å²) >= 11 is 2.01. The lowest BCUT2D eigenvalue weighted by Gasteiger charge is -2.27. The Morgan fingerprint density at radius 1 is 1.20 bits per heavy atom. The first-order chi connectivity index (χ1) is 7.45. The number of rotatable bonds is 1. The number of nitrogens with zero attached hydrogens (tertiary/aromatic N) is 4. The lowest BCUT2D eigenvalue weighted by atomic mass is 10.4. The Morgan fingerprint density at radius 2 is 2.07 bits per heavy atom. The maximum absolute atomic E-state index is 4.46. The Hall–Kier alpha value is -1.23. The van der Waals surface area contributed by atoms with Gasteiger partial charge in [-0.1, -0.05) is 0 Å². The van der Waals surface area contributed by atoms with Crippen LogP contribution in [0.5, 0.6) is 0 Å². The van der Waals surface area contributed by atoms with Gasteiger partial charge in [0.15, 0.2) is 5.82 Å². The smallest absolute Gasteiger partial charge is 0.154 e. The first-order valence-corrected chi connectivity index (χ1v) is 6.22. The van der Waals surface area contributed by atoms with Gasteiger partial charge in [-0.2, -0.15) is 16.9 Å². The topological polar surface area (TPSA) is 33.4 Å². The van der Waals surface area contributed by atoms with Crippen molar-refractivity contribution in [2.24, 2.45) is 0 Å². The SMILES string of the molecule is c1cn2nccc2c(N2CCSCC2)n1. The maximum atomic E-state index is 4.46. The molecule has 0 atom stereocenters. The van der Waals surface area contributed by atoms with Gasteiger partial charge in [-0.3, -0.25) is 0 Å². The number of hydrogen-bond acceptors (Lipinski definition) is 4. The van der Waals surface area contributed by atoms with Crippen LogP contribution in [-0.4, -0.2) is 39.2 Å². The zero-order valence-electron chi connectivity index (χ0n) is 8.33. The molecule has 5 heteroatoms. The van der Waals surface area contributed by atoms with Crippen LogP contribution in [0.4, 0.5) is 5.82 Å². The summed E-state index contributed by atoms with van der Waals surface area (Å²) in [6, 6.07) is 2.02. The second-order valence-electron chi connectivity index (χ2n) is 3.51. The van der Waals surface area contributed by atoms with Crippen molar-refractivity contribution in [1.82, 2.24) is 14.6 Å². The monoisotopic (exact) mass is 220 g/mol. The fourth-order valence-electron chi connectivity index (χ4n) is 1.86. The van der Waals surface area contributed by atoms with Crippen LogP contribution in [-0.2, 0) is 0 Å². The molecule has 0 spiro atoms. The number of aromatic nitrogens is 3. The minimum absolute atomic E-state index is 1.07. The van der Waals surface area contributed by atoms with E-state index in [4.69, 9.17) is 0 Å². The maximum Gasteiger partial charge on any atom is 0.154 e. The third-order valence-electron chi connectivity index (χ3n) is 2.61. The van der Waals surface area contributed by atoms with Gasteiger partial charge < -0.3 is 4.90 Å². The molecule has 2 aromatic heterocycles. The number of anilines is 1. The lowest BCUT2D eigenvalue weighted by Crippen LogP contribution is -2.33. The Bertz CT molecular complexity index is 461. The molecule has 0 aliphatic carbocycles. The van der Waals surface area contributed by atoms with Crippen LogP contribution < -0.4 is 4.90 Å².